The Balaban J connectivity index is 1.89. The Morgan fingerprint density at radius 3 is 2.34 bits per heavy atom. The Kier molecular flexibility index (Phi) is 5.33. The topological polar surface area (TPSA) is 77.8 Å². The predicted molar refractivity (Wildman–Crippen MR) is 111 cm³/mol. The standard InChI is InChI=1S/C23H22ClNO4/c24-17-13-15(11-12-18(17)26)20-19(21(27)14-7-3-1-4-8-14)22(28)23(29)25(20)16-9-5-2-6-10-16/h1,3-4,7-8,11-13,16,20,26-27H,2,5-6,9-10H2/b21-19-. The number of rotatable bonds is 3. The highest BCUT2D eigenvalue weighted by molar-refractivity contribution is 6.46. The maximum atomic E-state index is 13.0. The van der Waals surface area contributed by atoms with Gasteiger partial charge in [-0.05, 0) is 30.5 Å². The Labute approximate surface area is 174 Å². The molecule has 5 nitrogen and oxygen atoms in total. The molecule has 4 rings (SSSR count). The number of amides is 1. The molecular weight excluding hydrogens is 390 g/mol. The molecule has 0 bridgehead atoms. The summed E-state index contributed by atoms with van der Waals surface area (Å²) in [7, 11) is 0. The van der Waals surface area contributed by atoms with E-state index in [2.05, 4.69) is 0 Å². The number of hydrogen-bond acceptors (Lipinski definition) is 4. The highest BCUT2D eigenvalue weighted by atomic mass is 35.5. The van der Waals surface area contributed by atoms with E-state index in [4.69, 9.17) is 11.6 Å². The maximum Gasteiger partial charge on any atom is 0.295 e. The summed E-state index contributed by atoms with van der Waals surface area (Å²) in [6.07, 6.45) is 4.74. The molecular formula is C23H22ClNO4. The van der Waals surface area contributed by atoms with Gasteiger partial charge in [-0.2, -0.15) is 0 Å². The fraction of sp³-hybridized carbons (Fsp3) is 0.304. The van der Waals surface area contributed by atoms with Gasteiger partial charge < -0.3 is 15.1 Å². The molecule has 1 atom stereocenters. The van der Waals surface area contributed by atoms with Crippen molar-refractivity contribution in [2.75, 3.05) is 0 Å². The van der Waals surface area contributed by atoms with Gasteiger partial charge in [-0.15, -0.1) is 0 Å². The van der Waals surface area contributed by atoms with Crippen molar-refractivity contribution in [2.24, 2.45) is 0 Å². The number of phenolic OH excluding ortho intramolecular Hbond substituents is 1. The van der Waals surface area contributed by atoms with Gasteiger partial charge in [0, 0.05) is 11.6 Å². The van der Waals surface area contributed by atoms with Gasteiger partial charge in [-0.1, -0.05) is 67.3 Å². The minimum atomic E-state index is -0.739. The first-order valence-corrected chi connectivity index (χ1v) is 10.2. The van der Waals surface area contributed by atoms with Crippen molar-refractivity contribution < 1.29 is 19.8 Å². The zero-order chi connectivity index (χ0) is 20.5. The van der Waals surface area contributed by atoms with Crippen molar-refractivity contribution in [1.29, 1.82) is 0 Å². The molecule has 0 radical (unpaired) electrons. The maximum absolute atomic E-state index is 13.0. The van der Waals surface area contributed by atoms with E-state index >= 15 is 0 Å². The minimum absolute atomic E-state index is 0.0635. The van der Waals surface area contributed by atoms with E-state index in [1.807, 2.05) is 6.07 Å². The molecule has 1 saturated carbocycles. The van der Waals surface area contributed by atoms with Crippen LogP contribution >= 0.6 is 11.6 Å². The Hall–Kier alpha value is -2.79. The summed E-state index contributed by atoms with van der Waals surface area (Å²) in [5.41, 5.74) is 1.13. The summed E-state index contributed by atoms with van der Waals surface area (Å²) in [5, 5.41) is 20.9. The summed E-state index contributed by atoms with van der Waals surface area (Å²) in [4.78, 5) is 27.7. The Bertz CT molecular complexity index is 980. The number of carbonyl (C=O) groups excluding carboxylic acids is 2. The molecule has 0 spiro atoms. The SMILES string of the molecule is O=C1C(=O)N(C2CCCCC2)C(c2ccc(O)c(Cl)c2)/C1=C(/O)c1ccccc1. The number of Topliss-reactive ketones (excluding diaryl/α,β-unsaturated/α-hetero) is 1. The van der Waals surface area contributed by atoms with Crippen molar-refractivity contribution in [3.8, 4) is 5.75 Å². The summed E-state index contributed by atoms with van der Waals surface area (Å²) in [6, 6.07) is 12.6. The number of benzene rings is 2. The van der Waals surface area contributed by atoms with Gasteiger partial charge >= 0.3 is 0 Å². The number of hydrogen-bond donors (Lipinski definition) is 2. The summed E-state index contributed by atoms with van der Waals surface area (Å²) < 4.78 is 0. The van der Waals surface area contributed by atoms with Crippen molar-refractivity contribution in [3.63, 3.8) is 0 Å². The van der Waals surface area contributed by atoms with Crippen LogP contribution in [0.2, 0.25) is 5.02 Å². The number of carbonyl (C=O) groups is 2. The quantitative estimate of drug-likeness (QED) is 0.432. The molecule has 2 N–H and O–H groups in total. The zero-order valence-corrected chi connectivity index (χ0v) is 16.6. The van der Waals surface area contributed by atoms with Crippen molar-refractivity contribution >= 4 is 29.1 Å². The van der Waals surface area contributed by atoms with Crippen molar-refractivity contribution in [2.45, 2.75) is 44.2 Å². The summed E-state index contributed by atoms with van der Waals surface area (Å²) in [6.45, 7) is 0. The van der Waals surface area contributed by atoms with Crippen molar-refractivity contribution in [3.05, 3.63) is 70.3 Å². The molecule has 2 aliphatic rings. The first-order chi connectivity index (χ1) is 14.0. The van der Waals surface area contributed by atoms with Gasteiger partial charge in [-0.25, -0.2) is 0 Å². The number of aliphatic hydroxyl groups excluding tert-OH is 1. The Morgan fingerprint density at radius 1 is 1.00 bits per heavy atom. The van der Waals surface area contributed by atoms with E-state index < -0.39 is 17.7 Å². The van der Waals surface area contributed by atoms with Crippen LogP contribution in [-0.4, -0.2) is 32.8 Å². The molecule has 29 heavy (non-hydrogen) atoms. The fourth-order valence-corrected chi connectivity index (χ4v) is 4.55. The van der Waals surface area contributed by atoms with Crippen LogP contribution < -0.4 is 0 Å². The largest absolute Gasteiger partial charge is 0.507 e. The van der Waals surface area contributed by atoms with Gasteiger partial charge in [0.05, 0.1) is 16.6 Å². The number of nitrogens with zero attached hydrogens (tertiary/aromatic N) is 1. The number of ketones is 1. The average Bonchev–Trinajstić information content (AvgIpc) is 3.01. The van der Waals surface area contributed by atoms with Crippen molar-refractivity contribution in [1.82, 2.24) is 4.90 Å². The van der Waals surface area contributed by atoms with E-state index in [9.17, 15) is 19.8 Å². The zero-order valence-electron chi connectivity index (χ0n) is 15.8. The molecule has 2 aromatic carbocycles. The van der Waals surface area contributed by atoms with Crippen LogP contribution in [0.3, 0.4) is 0 Å². The molecule has 1 aliphatic heterocycles. The monoisotopic (exact) mass is 411 g/mol. The lowest BCUT2D eigenvalue weighted by Crippen LogP contribution is -2.40. The second-order valence-electron chi connectivity index (χ2n) is 7.58. The summed E-state index contributed by atoms with van der Waals surface area (Å²) >= 11 is 6.13. The van der Waals surface area contributed by atoms with Gasteiger partial charge in [0.25, 0.3) is 11.7 Å². The minimum Gasteiger partial charge on any atom is -0.507 e. The van der Waals surface area contributed by atoms with E-state index in [1.54, 1.807) is 41.3 Å². The first-order valence-electron chi connectivity index (χ1n) is 9.83. The fourth-order valence-electron chi connectivity index (χ4n) is 4.36. The molecule has 150 valence electrons. The van der Waals surface area contributed by atoms with E-state index in [-0.39, 0.29) is 28.1 Å². The van der Waals surface area contributed by atoms with Crippen LogP contribution in [0.25, 0.3) is 5.76 Å². The third kappa shape index (κ3) is 3.51. The smallest absolute Gasteiger partial charge is 0.295 e. The summed E-state index contributed by atoms with van der Waals surface area (Å²) in [5.74, 6) is -1.56. The van der Waals surface area contributed by atoms with Crippen LogP contribution in [-0.2, 0) is 9.59 Å². The number of likely N-dealkylation sites (tertiary alicyclic amines) is 1. The third-order valence-electron chi connectivity index (χ3n) is 5.78. The van der Waals surface area contributed by atoms with Crippen LogP contribution in [0.15, 0.2) is 54.1 Å². The van der Waals surface area contributed by atoms with E-state index in [1.165, 1.54) is 6.07 Å². The highest BCUT2D eigenvalue weighted by Crippen LogP contribution is 2.44. The highest BCUT2D eigenvalue weighted by Gasteiger charge is 2.48. The molecule has 1 saturated heterocycles. The lowest BCUT2D eigenvalue weighted by atomic mass is 9.91. The van der Waals surface area contributed by atoms with Gasteiger partial charge in [0.15, 0.2) is 0 Å². The molecule has 1 amide bonds. The predicted octanol–water partition coefficient (Wildman–Crippen LogP) is 4.80. The number of halogens is 1. The number of phenols is 1. The van der Waals surface area contributed by atoms with Crippen LogP contribution in [0.1, 0.15) is 49.3 Å². The van der Waals surface area contributed by atoms with Gasteiger partial charge in [0.1, 0.15) is 11.5 Å². The third-order valence-corrected chi connectivity index (χ3v) is 6.09. The normalized spacial score (nSPS) is 22.2. The molecule has 6 heteroatoms. The van der Waals surface area contributed by atoms with Crippen LogP contribution in [0.5, 0.6) is 5.75 Å². The molecule has 1 unspecified atom stereocenters. The van der Waals surface area contributed by atoms with Gasteiger partial charge in [0.2, 0.25) is 0 Å². The lowest BCUT2D eigenvalue weighted by Gasteiger charge is -2.35. The molecule has 1 heterocycles. The second-order valence-corrected chi connectivity index (χ2v) is 7.98. The molecule has 2 aromatic rings. The van der Waals surface area contributed by atoms with Crippen LogP contribution in [0.4, 0.5) is 0 Å². The average molecular weight is 412 g/mol. The Morgan fingerprint density at radius 2 is 1.69 bits per heavy atom. The van der Waals surface area contributed by atoms with E-state index in [0.29, 0.717) is 11.1 Å². The van der Waals surface area contributed by atoms with Crippen LogP contribution in [0, 0.1) is 0 Å². The van der Waals surface area contributed by atoms with E-state index in [0.717, 1.165) is 32.1 Å². The first kappa shape index (κ1) is 19.5. The lowest BCUT2D eigenvalue weighted by molar-refractivity contribution is -0.141. The number of aromatic hydroxyl groups is 1. The molecule has 2 fully saturated rings. The molecule has 0 aromatic heterocycles. The van der Waals surface area contributed by atoms with Gasteiger partial charge in [-0.3, -0.25) is 9.59 Å². The molecule has 1 aliphatic carbocycles. The number of aliphatic hydroxyl groups is 1. The second kappa shape index (κ2) is 7.91.